The van der Waals surface area contributed by atoms with Crippen molar-refractivity contribution in [3.8, 4) is 0 Å². The predicted molar refractivity (Wildman–Crippen MR) is 378 cm³/mol. The second-order valence-electron chi connectivity index (χ2n) is 24.6. The highest BCUT2D eigenvalue weighted by molar-refractivity contribution is 8.76. The zero-order chi connectivity index (χ0) is 72.8. The number of aliphatic hydroxyl groups is 3. The van der Waals surface area contributed by atoms with Gasteiger partial charge in [-0.3, -0.25) is 43.2 Å². The summed E-state index contributed by atoms with van der Waals surface area (Å²) in [6.07, 6.45) is -1.66. The average Bonchev–Trinajstić information content (AvgIpc) is 1.62. The summed E-state index contributed by atoms with van der Waals surface area (Å²) in [7, 11) is 1.97. The number of carbonyl (C=O) groups is 11. The fraction of sp³-hybridized carbons (Fsp3) is 0.456. The van der Waals surface area contributed by atoms with E-state index in [4.69, 9.17) is 21.9 Å². The van der Waals surface area contributed by atoms with Gasteiger partial charge in [0.25, 0.3) is 0 Å². The number of rotatable bonds is 29. The predicted octanol–water partition coefficient (Wildman–Crippen LogP) is 0.0174. The van der Waals surface area contributed by atoms with Crippen LogP contribution in [0.5, 0.6) is 0 Å². The average molecular weight is 1420 g/mol. The first kappa shape index (κ1) is 79.7. The summed E-state index contributed by atoms with van der Waals surface area (Å²) in [4.78, 5) is 156. The number of unbranched alkanes of at least 4 members (excludes halogenated alkanes) is 1. The lowest BCUT2D eigenvalue weighted by molar-refractivity contribution is -0.136. The Balaban J connectivity index is 1.24. The largest absolute Gasteiger partial charge is 0.445 e. The molecule has 0 saturated carbocycles. The lowest BCUT2D eigenvalue weighted by Gasteiger charge is -2.29. The number of para-hydroxylation sites is 1. The van der Waals surface area contributed by atoms with Crippen LogP contribution in [0.1, 0.15) is 82.1 Å². The molecule has 0 bridgehead atoms. The van der Waals surface area contributed by atoms with E-state index in [0.29, 0.717) is 39.7 Å². The molecular weight excluding hydrogens is 1330 g/mol. The number of hydrogen-bond donors (Lipinski definition) is 18. The van der Waals surface area contributed by atoms with E-state index in [2.05, 4.69) is 63.5 Å². The van der Waals surface area contributed by atoms with Crippen molar-refractivity contribution in [2.75, 3.05) is 36.5 Å². The molecule has 2 heterocycles. The number of hydrogen-bond acceptors (Lipinski definition) is 19. The molecule has 1 aliphatic rings. The summed E-state index contributed by atoms with van der Waals surface area (Å²) in [5.41, 5.74) is 21.1. The van der Waals surface area contributed by atoms with Crippen molar-refractivity contribution in [3.05, 3.63) is 138 Å². The minimum Gasteiger partial charge on any atom is -0.445 e. The summed E-state index contributed by atoms with van der Waals surface area (Å²) in [5.74, 6) is -7.95. The SMILES string of the molecule is CC(C)[C@H](N)C(=O)N[C@@H](CCCNC(N)=O)C(=O)Nc1ccc(COC(=O)NCCCC[C@@H]2NC(=O)[C@@H](Cc3c[nH]c4ccccc34)NC(=O)[C@H](Cc3ccccc3)NC(=O)[C@@H](NC(=O)[C@H](N)Cc3ccccc3)CSSC[C@@H](C(=O)N[C@H](CO)[C@@H](C)O)NC(=O)C([C@@H](C)O)NC2=O)cc1. The van der Waals surface area contributed by atoms with Crippen LogP contribution in [-0.4, -0.2) is 189 Å². The van der Waals surface area contributed by atoms with E-state index in [0.717, 1.165) is 27.2 Å². The number of alkyl carbamates (subject to hydrolysis) is 1. The Morgan fingerprint density at radius 3 is 1.89 bits per heavy atom. The zero-order valence-electron chi connectivity index (χ0n) is 56.2. The highest BCUT2D eigenvalue weighted by Crippen LogP contribution is 2.25. The fourth-order valence-corrected chi connectivity index (χ4v) is 12.7. The van der Waals surface area contributed by atoms with E-state index in [1.54, 1.807) is 117 Å². The Hall–Kier alpha value is -9.31. The number of fused-ring (bicyclic) bond motifs is 1. The van der Waals surface area contributed by atoms with E-state index in [1.165, 1.54) is 13.8 Å². The van der Waals surface area contributed by atoms with Gasteiger partial charge in [-0.2, -0.15) is 0 Å². The molecule has 0 aliphatic carbocycles. The van der Waals surface area contributed by atoms with Crippen LogP contribution in [0.4, 0.5) is 15.3 Å². The van der Waals surface area contributed by atoms with Gasteiger partial charge in [-0.15, -0.1) is 0 Å². The lowest BCUT2D eigenvalue weighted by Crippen LogP contribution is -2.62. The molecule has 1 fully saturated rings. The van der Waals surface area contributed by atoms with Crippen LogP contribution in [0.3, 0.4) is 0 Å². The molecule has 12 atom stereocenters. The molecule has 30 nitrogen and oxygen atoms in total. The maximum absolute atomic E-state index is 15.1. The standard InChI is InChI=1S/C68H93N15O15S2/c1-38(2)56(70)65(94)77-50(23-15-29-72-67(71)96)59(88)75-45-26-24-43(25-27-45)35-98-68(97)73-28-14-13-22-49-60(89)83-57(40(4)86)66(95)82-55(64(93)80-53(34-84)39(3)85)37-100-99-36-54(81-58(87)47(69)30-41-16-7-5-8-17-41)63(92)78-51(31-42-18-9-6-10-19-42)61(90)79-52(62(91)76-49)32-44-33-74-48-21-12-11-20-46(44)48/h5-12,16-21,24-27,33,38-40,47,49-57,74,84-86H,13-15,22-23,28-32,34-37,69-70H2,1-4H3,(H,73,97)(H,75,88)(H,76,91)(H,77,94)(H,78,92)(H,79,90)(H,80,93)(H,81,87)(H,82,95)(H,83,89)(H3,71,72,96)/t39-,40-,47-,49+,50+,51+,52-,53-,54+,55+,56+,57?/m1/s1. The van der Waals surface area contributed by atoms with E-state index < -0.39 is 145 Å². The molecule has 21 N–H and O–H groups in total. The van der Waals surface area contributed by atoms with Crippen LogP contribution in [0.2, 0.25) is 0 Å². The smallest absolute Gasteiger partial charge is 0.407 e. The van der Waals surface area contributed by atoms with Crippen molar-refractivity contribution in [1.82, 2.24) is 58.2 Å². The molecule has 1 aliphatic heterocycles. The molecule has 6 rings (SSSR count). The van der Waals surface area contributed by atoms with Gasteiger partial charge in [0.2, 0.25) is 53.2 Å². The summed E-state index contributed by atoms with van der Waals surface area (Å²) in [5, 5.41) is 61.5. The number of primary amides is 1. The normalized spacial score (nSPS) is 20.0. The van der Waals surface area contributed by atoms with Gasteiger partial charge in [0.15, 0.2) is 0 Å². The topological polar surface area (TPSA) is 484 Å². The minimum absolute atomic E-state index is 0.00604. The monoisotopic (exact) mass is 1420 g/mol. The van der Waals surface area contributed by atoms with Gasteiger partial charge in [-0.1, -0.05) is 126 Å². The third-order valence-electron chi connectivity index (χ3n) is 16.3. The molecular formula is C68H93N15O15S2. The number of urea groups is 1. The van der Waals surface area contributed by atoms with Crippen molar-refractivity contribution in [1.29, 1.82) is 0 Å². The highest BCUT2D eigenvalue weighted by atomic mass is 33.1. The summed E-state index contributed by atoms with van der Waals surface area (Å²) < 4.78 is 5.45. The number of H-pyrrole nitrogens is 1. The molecule has 32 heteroatoms. The first-order valence-electron chi connectivity index (χ1n) is 32.9. The zero-order valence-corrected chi connectivity index (χ0v) is 57.8. The van der Waals surface area contributed by atoms with E-state index >= 15 is 9.59 Å². The number of ether oxygens (including phenoxy) is 1. The van der Waals surface area contributed by atoms with Crippen LogP contribution < -0.4 is 75.7 Å². The van der Waals surface area contributed by atoms with Gasteiger partial charge in [0.1, 0.15) is 48.9 Å². The molecule has 1 saturated heterocycles. The number of aliphatic hydroxyl groups excluding tert-OH is 3. The number of benzene rings is 4. The fourth-order valence-electron chi connectivity index (χ4n) is 10.4. The second kappa shape index (κ2) is 40.7. The van der Waals surface area contributed by atoms with Crippen LogP contribution in [-0.2, 0) is 73.8 Å². The molecule has 12 amide bonds. The summed E-state index contributed by atoms with van der Waals surface area (Å²) in [6, 6.07) is 17.1. The Kier molecular flexibility index (Phi) is 32.4. The van der Waals surface area contributed by atoms with Gasteiger partial charge in [0, 0.05) is 60.2 Å². The molecule has 4 aromatic carbocycles. The Labute approximate surface area is 587 Å². The van der Waals surface area contributed by atoms with E-state index in [-0.39, 0.29) is 82.1 Å². The van der Waals surface area contributed by atoms with Crippen LogP contribution in [0.15, 0.2) is 115 Å². The molecule has 542 valence electrons. The first-order chi connectivity index (χ1) is 47.8. The van der Waals surface area contributed by atoms with E-state index in [1.807, 2.05) is 12.1 Å². The third-order valence-corrected chi connectivity index (χ3v) is 18.7. The van der Waals surface area contributed by atoms with Crippen molar-refractivity contribution in [2.45, 2.75) is 158 Å². The quantitative estimate of drug-likeness (QED) is 0.0222. The third kappa shape index (κ3) is 26.1. The molecule has 1 unspecified atom stereocenters. The molecule has 5 aromatic rings. The number of aromatic amines is 1. The van der Waals surface area contributed by atoms with Crippen molar-refractivity contribution >= 4 is 103 Å². The molecule has 1 aromatic heterocycles. The number of anilines is 1. The Morgan fingerprint density at radius 2 is 1.24 bits per heavy atom. The maximum Gasteiger partial charge on any atom is 0.407 e. The molecule has 100 heavy (non-hydrogen) atoms. The van der Waals surface area contributed by atoms with Gasteiger partial charge in [-0.25, -0.2) is 9.59 Å². The molecule has 0 spiro atoms. The number of nitrogens with two attached hydrogens (primary N) is 3. The highest BCUT2D eigenvalue weighted by Gasteiger charge is 2.37. The van der Waals surface area contributed by atoms with Crippen LogP contribution in [0.25, 0.3) is 10.9 Å². The van der Waals surface area contributed by atoms with Crippen molar-refractivity contribution in [3.63, 3.8) is 0 Å². The number of aromatic nitrogens is 1. The second-order valence-corrected chi connectivity index (χ2v) is 27.2. The van der Waals surface area contributed by atoms with Crippen molar-refractivity contribution in [2.24, 2.45) is 23.1 Å². The Morgan fingerprint density at radius 1 is 0.630 bits per heavy atom. The summed E-state index contributed by atoms with van der Waals surface area (Å²) in [6.45, 7) is 5.32. The molecule has 0 radical (unpaired) electrons. The first-order valence-corrected chi connectivity index (χ1v) is 35.4. The summed E-state index contributed by atoms with van der Waals surface area (Å²) >= 11 is 0. The van der Waals surface area contributed by atoms with Gasteiger partial charge in [0.05, 0.1) is 36.9 Å². The van der Waals surface area contributed by atoms with Crippen molar-refractivity contribution < 1.29 is 72.8 Å². The van der Waals surface area contributed by atoms with Gasteiger partial charge >= 0.3 is 12.1 Å². The number of nitrogens with one attached hydrogen (secondary N) is 12. The van der Waals surface area contributed by atoms with Gasteiger partial charge < -0.3 is 101 Å². The maximum atomic E-state index is 15.1. The van der Waals surface area contributed by atoms with Crippen LogP contribution in [0, 0.1) is 5.92 Å². The van der Waals surface area contributed by atoms with E-state index in [9.17, 15) is 58.5 Å². The number of carbonyl (C=O) groups excluding carboxylic acids is 11. The minimum atomic E-state index is -1.79. The van der Waals surface area contributed by atoms with Gasteiger partial charge in [-0.05, 0) is 98.7 Å². The number of amides is 12. The Bertz CT molecular complexity index is 3540. The lowest BCUT2D eigenvalue weighted by atomic mass is 10.0. The van der Waals surface area contributed by atoms with Crippen LogP contribution >= 0.6 is 21.6 Å².